The fourth-order valence-electron chi connectivity index (χ4n) is 1.52. The molecule has 3 heteroatoms. The standard InChI is InChI=1S/C9H16N2O/c1-3-8-4-5-9(6-8)11-10-7(2)12/h8H,3-6H2,1-2H3,(H,10,12)/b11-9+. The first kappa shape index (κ1) is 9.23. The average molecular weight is 168 g/mol. The van der Waals surface area contributed by atoms with E-state index < -0.39 is 0 Å². The minimum absolute atomic E-state index is 0.0811. The van der Waals surface area contributed by atoms with E-state index in [-0.39, 0.29) is 5.91 Å². The normalized spacial score (nSPS) is 26.2. The van der Waals surface area contributed by atoms with Crippen LogP contribution in [-0.2, 0) is 4.79 Å². The van der Waals surface area contributed by atoms with Gasteiger partial charge in [-0.1, -0.05) is 13.3 Å². The zero-order valence-corrected chi connectivity index (χ0v) is 7.76. The van der Waals surface area contributed by atoms with Crippen LogP contribution >= 0.6 is 0 Å². The van der Waals surface area contributed by atoms with Crippen LogP contribution in [0.1, 0.15) is 39.5 Å². The highest BCUT2D eigenvalue weighted by molar-refractivity contribution is 5.87. The molecule has 0 radical (unpaired) electrons. The summed E-state index contributed by atoms with van der Waals surface area (Å²) in [5.41, 5.74) is 3.63. The van der Waals surface area contributed by atoms with Gasteiger partial charge in [0.2, 0.25) is 5.91 Å². The molecular weight excluding hydrogens is 152 g/mol. The second-order valence-electron chi connectivity index (χ2n) is 3.36. The lowest BCUT2D eigenvalue weighted by Gasteiger charge is -2.00. The van der Waals surface area contributed by atoms with E-state index in [1.165, 1.54) is 19.8 Å². The predicted octanol–water partition coefficient (Wildman–Crippen LogP) is 1.69. The quantitative estimate of drug-likeness (QED) is 0.626. The van der Waals surface area contributed by atoms with E-state index in [9.17, 15) is 4.79 Å². The number of rotatable bonds is 2. The Bertz CT molecular complexity index is 199. The van der Waals surface area contributed by atoms with E-state index in [1.807, 2.05) is 0 Å². The third kappa shape index (κ3) is 2.64. The summed E-state index contributed by atoms with van der Waals surface area (Å²) < 4.78 is 0. The van der Waals surface area contributed by atoms with Crippen molar-refractivity contribution in [3.05, 3.63) is 0 Å². The molecule has 0 spiro atoms. The number of amides is 1. The van der Waals surface area contributed by atoms with Gasteiger partial charge in [-0.25, -0.2) is 5.43 Å². The fourth-order valence-corrected chi connectivity index (χ4v) is 1.52. The van der Waals surface area contributed by atoms with E-state index in [0.29, 0.717) is 0 Å². The van der Waals surface area contributed by atoms with Crippen molar-refractivity contribution in [1.82, 2.24) is 5.43 Å². The van der Waals surface area contributed by atoms with Gasteiger partial charge < -0.3 is 0 Å². The number of carbonyl (C=O) groups is 1. The summed E-state index contributed by atoms with van der Waals surface area (Å²) in [6.07, 6.45) is 4.57. The lowest BCUT2D eigenvalue weighted by molar-refractivity contribution is -0.118. The summed E-state index contributed by atoms with van der Waals surface area (Å²) in [7, 11) is 0. The number of nitrogens with zero attached hydrogens (tertiary/aromatic N) is 1. The third-order valence-electron chi connectivity index (χ3n) is 2.31. The maximum absolute atomic E-state index is 10.5. The maximum Gasteiger partial charge on any atom is 0.236 e. The van der Waals surface area contributed by atoms with E-state index >= 15 is 0 Å². The zero-order valence-electron chi connectivity index (χ0n) is 7.76. The van der Waals surface area contributed by atoms with Gasteiger partial charge in [-0.3, -0.25) is 4.79 Å². The second kappa shape index (κ2) is 4.24. The van der Waals surface area contributed by atoms with Crippen LogP contribution < -0.4 is 5.43 Å². The molecule has 0 aliphatic heterocycles. The van der Waals surface area contributed by atoms with E-state index in [1.54, 1.807) is 0 Å². The van der Waals surface area contributed by atoms with Gasteiger partial charge in [0.25, 0.3) is 0 Å². The summed E-state index contributed by atoms with van der Waals surface area (Å²) in [5.74, 6) is 0.708. The summed E-state index contributed by atoms with van der Waals surface area (Å²) in [6, 6.07) is 0. The van der Waals surface area contributed by atoms with Crippen molar-refractivity contribution in [2.75, 3.05) is 0 Å². The Hall–Kier alpha value is -0.860. The number of hydrogen-bond donors (Lipinski definition) is 1. The molecule has 68 valence electrons. The Morgan fingerprint density at radius 1 is 1.75 bits per heavy atom. The summed E-state index contributed by atoms with van der Waals surface area (Å²) in [6.45, 7) is 3.68. The van der Waals surface area contributed by atoms with Crippen LogP contribution in [0.5, 0.6) is 0 Å². The predicted molar refractivity (Wildman–Crippen MR) is 48.9 cm³/mol. The molecule has 1 saturated carbocycles. The smallest absolute Gasteiger partial charge is 0.236 e. The first-order valence-corrected chi connectivity index (χ1v) is 4.54. The first-order chi connectivity index (χ1) is 5.72. The van der Waals surface area contributed by atoms with Crippen molar-refractivity contribution in [2.45, 2.75) is 39.5 Å². The van der Waals surface area contributed by atoms with Crippen LogP contribution in [0, 0.1) is 5.92 Å². The molecule has 0 heterocycles. The molecule has 0 bridgehead atoms. The van der Waals surface area contributed by atoms with Crippen molar-refractivity contribution < 1.29 is 4.79 Å². The molecule has 1 N–H and O–H groups in total. The monoisotopic (exact) mass is 168 g/mol. The topological polar surface area (TPSA) is 41.5 Å². The number of hydrogen-bond acceptors (Lipinski definition) is 2. The molecule has 3 nitrogen and oxygen atoms in total. The maximum atomic E-state index is 10.5. The minimum Gasteiger partial charge on any atom is -0.274 e. The van der Waals surface area contributed by atoms with Crippen LogP contribution in [0.2, 0.25) is 0 Å². The Morgan fingerprint density at radius 3 is 3.00 bits per heavy atom. The Labute approximate surface area is 73.2 Å². The van der Waals surface area contributed by atoms with Crippen molar-refractivity contribution in [3.63, 3.8) is 0 Å². The molecule has 1 fully saturated rings. The molecule has 0 aromatic rings. The Balaban J connectivity index is 2.35. The summed E-state index contributed by atoms with van der Waals surface area (Å²) in [4.78, 5) is 10.5. The average Bonchev–Trinajstić information content (AvgIpc) is 2.48. The first-order valence-electron chi connectivity index (χ1n) is 4.54. The molecule has 12 heavy (non-hydrogen) atoms. The molecule has 0 saturated heterocycles. The van der Waals surface area contributed by atoms with Crippen LogP contribution in [0.3, 0.4) is 0 Å². The molecule has 1 atom stereocenters. The van der Waals surface area contributed by atoms with Gasteiger partial charge in [-0.2, -0.15) is 5.10 Å². The van der Waals surface area contributed by atoms with Crippen molar-refractivity contribution in [3.8, 4) is 0 Å². The SMILES string of the molecule is CCC1CC/C(=N\NC(C)=O)C1. The molecule has 1 rings (SSSR count). The van der Waals surface area contributed by atoms with Crippen molar-refractivity contribution in [2.24, 2.45) is 11.0 Å². The van der Waals surface area contributed by atoms with Crippen LogP contribution in [0.4, 0.5) is 0 Å². The van der Waals surface area contributed by atoms with Gasteiger partial charge in [0.1, 0.15) is 0 Å². The Morgan fingerprint density at radius 2 is 2.50 bits per heavy atom. The van der Waals surface area contributed by atoms with Crippen molar-refractivity contribution >= 4 is 11.6 Å². The third-order valence-corrected chi connectivity index (χ3v) is 2.31. The van der Waals surface area contributed by atoms with Gasteiger partial charge in [0.15, 0.2) is 0 Å². The van der Waals surface area contributed by atoms with Crippen LogP contribution in [-0.4, -0.2) is 11.6 Å². The molecular formula is C9H16N2O. The lowest BCUT2D eigenvalue weighted by Crippen LogP contribution is -2.14. The van der Waals surface area contributed by atoms with Crippen molar-refractivity contribution in [1.29, 1.82) is 0 Å². The summed E-state index contributed by atoms with van der Waals surface area (Å²) in [5, 5.41) is 4.04. The lowest BCUT2D eigenvalue weighted by atomic mass is 10.1. The van der Waals surface area contributed by atoms with Gasteiger partial charge in [-0.05, 0) is 25.2 Å². The molecule has 0 aromatic carbocycles. The highest BCUT2D eigenvalue weighted by atomic mass is 16.2. The number of nitrogens with one attached hydrogen (secondary N) is 1. The fraction of sp³-hybridized carbons (Fsp3) is 0.778. The van der Waals surface area contributed by atoms with Gasteiger partial charge in [-0.15, -0.1) is 0 Å². The van der Waals surface area contributed by atoms with E-state index in [4.69, 9.17) is 0 Å². The van der Waals surface area contributed by atoms with Crippen LogP contribution in [0.25, 0.3) is 0 Å². The number of hydrazone groups is 1. The van der Waals surface area contributed by atoms with Gasteiger partial charge in [0.05, 0.1) is 0 Å². The largest absolute Gasteiger partial charge is 0.274 e. The number of carbonyl (C=O) groups excluding carboxylic acids is 1. The van der Waals surface area contributed by atoms with Gasteiger partial charge >= 0.3 is 0 Å². The Kier molecular flexibility index (Phi) is 3.26. The molecule has 0 aromatic heterocycles. The molecule has 1 aliphatic carbocycles. The highest BCUT2D eigenvalue weighted by Gasteiger charge is 2.18. The zero-order chi connectivity index (χ0) is 8.97. The molecule has 1 amide bonds. The van der Waals surface area contributed by atoms with Crippen LogP contribution in [0.15, 0.2) is 5.10 Å². The summed E-state index contributed by atoms with van der Waals surface area (Å²) >= 11 is 0. The van der Waals surface area contributed by atoms with E-state index in [2.05, 4.69) is 17.5 Å². The minimum atomic E-state index is -0.0811. The van der Waals surface area contributed by atoms with Gasteiger partial charge in [0, 0.05) is 12.6 Å². The molecule has 1 aliphatic rings. The van der Waals surface area contributed by atoms with E-state index in [0.717, 1.165) is 24.5 Å². The molecule has 1 unspecified atom stereocenters. The highest BCUT2D eigenvalue weighted by Crippen LogP contribution is 2.25. The second-order valence-corrected chi connectivity index (χ2v) is 3.36.